The van der Waals surface area contributed by atoms with E-state index in [0.717, 1.165) is 18.8 Å². The van der Waals surface area contributed by atoms with E-state index in [1.54, 1.807) is 0 Å². The third kappa shape index (κ3) is 4.47. The van der Waals surface area contributed by atoms with Gasteiger partial charge in [0.2, 0.25) is 5.28 Å². The lowest BCUT2D eigenvalue weighted by Gasteiger charge is -2.28. The van der Waals surface area contributed by atoms with Gasteiger partial charge in [0.1, 0.15) is 6.10 Å². The second-order valence-electron chi connectivity index (χ2n) is 5.52. The Morgan fingerprint density at radius 2 is 1.95 bits per heavy atom. The van der Waals surface area contributed by atoms with Crippen LogP contribution in [0, 0.1) is 5.92 Å². The van der Waals surface area contributed by atoms with E-state index in [1.807, 2.05) is 13.8 Å². The Morgan fingerprint density at radius 3 is 2.65 bits per heavy atom. The van der Waals surface area contributed by atoms with Crippen molar-refractivity contribution in [1.29, 1.82) is 0 Å². The molecule has 2 rings (SSSR count). The molecule has 6 heteroatoms. The molecule has 0 aliphatic heterocycles. The first-order chi connectivity index (χ1) is 9.56. The molecule has 2 atom stereocenters. The fourth-order valence-electron chi connectivity index (χ4n) is 2.50. The minimum absolute atomic E-state index is 0.0135. The number of ether oxygens (including phenoxy) is 2. The van der Waals surface area contributed by atoms with Gasteiger partial charge in [0, 0.05) is 0 Å². The molecule has 1 aromatic heterocycles. The van der Waals surface area contributed by atoms with Crippen LogP contribution in [0.4, 0.5) is 0 Å². The van der Waals surface area contributed by atoms with Crippen LogP contribution >= 0.6 is 11.6 Å². The summed E-state index contributed by atoms with van der Waals surface area (Å²) in [6, 6.07) is 0.486. The van der Waals surface area contributed by atoms with Crippen LogP contribution in [0.5, 0.6) is 12.0 Å². The molecule has 112 valence electrons. The number of rotatable bonds is 5. The molecule has 1 heterocycles. The monoisotopic (exact) mass is 299 g/mol. The number of halogens is 1. The zero-order chi connectivity index (χ0) is 14.5. The summed E-state index contributed by atoms with van der Waals surface area (Å²) < 4.78 is 11.3. The number of hydrogen-bond donors (Lipinski definition) is 0. The van der Waals surface area contributed by atoms with Crippen LogP contribution in [0.15, 0.2) is 0 Å². The molecule has 1 aromatic rings. The van der Waals surface area contributed by atoms with Crippen LogP contribution in [0.2, 0.25) is 5.28 Å². The van der Waals surface area contributed by atoms with E-state index in [2.05, 4.69) is 21.9 Å². The molecular formula is C14H22ClN3O2. The summed E-state index contributed by atoms with van der Waals surface area (Å²) in [5.74, 6) is 0.734. The van der Waals surface area contributed by atoms with Gasteiger partial charge in [-0.2, -0.15) is 9.97 Å². The fraction of sp³-hybridized carbons (Fsp3) is 0.786. The van der Waals surface area contributed by atoms with Crippen LogP contribution < -0.4 is 9.47 Å². The lowest BCUT2D eigenvalue weighted by atomic mass is 9.86. The van der Waals surface area contributed by atoms with Gasteiger partial charge in [-0.05, 0) is 50.6 Å². The van der Waals surface area contributed by atoms with Crippen LogP contribution in [0.3, 0.4) is 0 Å². The van der Waals surface area contributed by atoms with Gasteiger partial charge in [0.25, 0.3) is 0 Å². The molecule has 2 unspecified atom stereocenters. The highest BCUT2D eigenvalue weighted by Crippen LogP contribution is 2.29. The van der Waals surface area contributed by atoms with Crippen molar-refractivity contribution in [1.82, 2.24) is 15.0 Å². The topological polar surface area (TPSA) is 57.1 Å². The van der Waals surface area contributed by atoms with Gasteiger partial charge in [-0.1, -0.05) is 19.8 Å². The van der Waals surface area contributed by atoms with Crippen LogP contribution in [0.25, 0.3) is 0 Å². The van der Waals surface area contributed by atoms with Gasteiger partial charge in [0.15, 0.2) is 0 Å². The highest BCUT2D eigenvalue weighted by molar-refractivity contribution is 6.28. The molecule has 0 saturated heterocycles. The Morgan fingerprint density at radius 1 is 1.20 bits per heavy atom. The molecule has 0 bridgehead atoms. The lowest BCUT2D eigenvalue weighted by molar-refractivity contribution is 0.109. The van der Waals surface area contributed by atoms with Crippen LogP contribution in [-0.2, 0) is 0 Å². The average Bonchev–Trinajstić information content (AvgIpc) is 2.37. The van der Waals surface area contributed by atoms with Gasteiger partial charge in [-0.3, -0.25) is 0 Å². The van der Waals surface area contributed by atoms with Crippen molar-refractivity contribution >= 4 is 11.6 Å². The van der Waals surface area contributed by atoms with Gasteiger partial charge in [-0.15, -0.1) is 4.98 Å². The Balaban J connectivity index is 2.02. The molecule has 0 radical (unpaired) electrons. The van der Waals surface area contributed by atoms with Gasteiger partial charge in [0.05, 0.1) is 6.10 Å². The number of nitrogens with zero attached hydrogens (tertiary/aromatic N) is 3. The summed E-state index contributed by atoms with van der Waals surface area (Å²) in [7, 11) is 0. The summed E-state index contributed by atoms with van der Waals surface area (Å²) in [5, 5.41) is 0.105. The van der Waals surface area contributed by atoms with Crippen molar-refractivity contribution in [3.05, 3.63) is 5.28 Å². The van der Waals surface area contributed by atoms with Gasteiger partial charge in [-0.25, -0.2) is 0 Å². The van der Waals surface area contributed by atoms with Gasteiger partial charge < -0.3 is 9.47 Å². The first-order valence-electron chi connectivity index (χ1n) is 7.31. The van der Waals surface area contributed by atoms with E-state index in [0.29, 0.717) is 0 Å². The van der Waals surface area contributed by atoms with Crippen molar-refractivity contribution in [2.75, 3.05) is 0 Å². The summed E-state index contributed by atoms with van der Waals surface area (Å²) in [5.41, 5.74) is 0. The summed E-state index contributed by atoms with van der Waals surface area (Å²) >= 11 is 5.88. The summed E-state index contributed by atoms with van der Waals surface area (Å²) in [4.78, 5) is 12.1. The predicted molar refractivity (Wildman–Crippen MR) is 77.3 cm³/mol. The molecule has 1 fully saturated rings. The maximum absolute atomic E-state index is 5.88. The molecule has 20 heavy (non-hydrogen) atoms. The third-order valence-corrected chi connectivity index (χ3v) is 3.66. The van der Waals surface area contributed by atoms with Crippen LogP contribution in [0.1, 0.15) is 52.9 Å². The zero-order valence-electron chi connectivity index (χ0n) is 12.3. The van der Waals surface area contributed by atoms with Crippen molar-refractivity contribution in [2.24, 2.45) is 5.92 Å². The molecule has 0 aromatic carbocycles. The Kier molecular flexibility index (Phi) is 5.40. The second-order valence-corrected chi connectivity index (χ2v) is 5.85. The molecule has 5 nitrogen and oxygen atoms in total. The molecule has 1 saturated carbocycles. The highest BCUT2D eigenvalue weighted by Gasteiger charge is 2.23. The zero-order valence-corrected chi connectivity index (χ0v) is 13.1. The third-order valence-electron chi connectivity index (χ3n) is 3.49. The number of hydrogen-bond acceptors (Lipinski definition) is 5. The maximum atomic E-state index is 5.88. The van der Waals surface area contributed by atoms with E-state index in [9.17, 15) is 0 Å². The minimum Gasteiger partial charge on any atom is -0.461 e. The quantitative estimate of drug-likeness (QED) is 0.830. The van der Waals surface area contributed by atoms with Gasteiger partial charge >= 0.3 is 12.0 Å². The SMILES string of the molecule is CCC1CCCC(Oc2nc(Cl)nc(OC(C)C)n2)C1. The van der Waals surface area contributed by atoms with E-state index < -0.39 is 0 Å². The maximum Gasteiger partial charge on any atom is 0.324 e. The van der Waals surface area contributed by atoms with E-state index in [4.69, 9.17) is 21.1 Å². The first-order valence-corrected chi connectivity index (χ1v) is 7.69. The fourth-order valence-corrected chi connectivity index (χ4v) is 2.64. The molecule has 0 spiro atoms. The Bertz CT molecular complexity index is 442. The van der Waals surface area contributed by atoms with Crippen molar-refractivity contribution in [2.45, 2.75) is 65.1 Å². The van der Waals surface area contributed by atoms with Crippen molar-refractivity contribution in [3.63, 3.8) is 0 Å². The molecule has 1 aliphatic rings. The van der Waals surface area contributed by atoms with Crippen molar-refractivity contribution < 1.29 is 9.47 Å². The lowest BCUT2D eigenvalue weighted by Crippen LogP contribution is -2.26. The molecule has 0 N–H and O–H groups in total. The van der Waals surface area contributed by atoms with E-state index >= 15 is 0 Å². The number of aromatic nitrogens is 3. The van der Waals surface area contributed by atoms with Crippen LogP contribution in [-0.4, -0.2) is 27.2 Å². The second kappa shape index (κ2) is 7.07. The smallest absolute Gasteiger partial charge is 0.324 e. The highest BCUT2D eigenvalue weighted by atomic mass is 35.5. The van der Waals surface area contributed by atoms with Crippen molar-refractivity contribution in [3.8, 4) is 12.0 Å². The molecule has 1 aliphatic carbocycles. The first kappa shape index (κ1) is 15.3. The average molecular weight is 300 g/mol. The van der Waals surface area contributed by atoms with E-state index in [-0.39, 0.29) is 29.5 Å². The van der Waals surface area contributed by atoms with E-state index in [1.165, 1.54) is 19.3 Å². The largest absolute Gasteiger partial charge is 0.461 e. The molecular weight excluding hydrogens is 278 g/mol. The Hall–Kier alpha value is -1.10. The standard InChI is InChI=1S/C14H22ClN3O2/c1-4-10-6-5-7-11(8-10)20-14-17-12(15)16-13(18-14)19-9(2)3/h9-11H,4-8H2,1-3H3. The Labute approximate surface area is 125 Å². The molecule has 0 amide bonds. The minimum atomic E-state index is -0.0135. The summed E-state index contributed by atoms with van der Waals surface area (Å²) in [6.45, 7) is 6.04. The normalized spacial score (nSPS) is 22.9. The predicted octanol–water partition coefficient (Wildman–Crippen LogP) is 3.66. The summed E-state index contributed by atoms with van der Waals surface area (Å²) in [6.07, 6.45) is 5.92.